The number of hydrogen-bond donors (Lipinski definition) is 1. The van der Waals surface area contributed by atoms with Gasteiger partial charge in [-0.25, -0.2) is 4.79 Å². The van der Waals surface area contributed by atoms with Gasteiger partial charge in [-0.05, 0) is 5.53 Å². The molecule has 1 rings (SSSR count). The smallest absolute Gasteiger partial charge is 0.337 e. The van der Waals surface area contributed by atoms with Gasteiger partial charge in [0.1, 0.15) is 6.10 Å². The van der Waals surface area contributed by atoms with Crippen LogP contribution in [0.1, 0.15) is 0 Å². The van der Waals surface area contributed by atoms with Crippen LogP contribution < -0.4 is 0 Å². The van der Waals surface area contributed by atoms with Crippen molar-refractivity contribution in [3.63, 3.8) is 0 Å². The number of hydrogen-bond acceptors (Lipinski definition) is 5. The van der Waals surface area contributed by atoms with Crippen molar-refractivity contribution in [2.75, 3.05) is 13.7 Å². The van der Waals surface area contributed by atoms with Crippen LogP contribution in [0.4, 0.5) is 0 Å². The zero-order valence-corrected chi connectivity index (χ0v) is 6.95. The Morgan fingerprint density at radius 2 is 2.54 bits per heavy atom. The van der Waals surface area contributed by atoms with Crippen LogP contribution in [-0.4, -0.2) is 43.0 Å². The molecule has 0 aromatic rings. The van der Waals surface area contributed by atoms with Gasteiger partial charge in [0.25, 0.3) is 0 Å². The van der Waals surface area contributed by atoms with Crippen molar-refractivity contribution in [2.45, 2.75) is 18.3 Å². The van der Waals surface area contributed by atoms with Gasteiger partial charge in [0.2, 0.25) is 0 Å². The summed E-state index contributed by atoms with van der Waals surface area (Å²) in [7, 11) is 1.21. The molecule has 1 fully saturated rings. The van der Waals surface area contributed by atoms with E-state index in [1.807, 2.05) is 0 Å². The zero-order valence-electron chi connectivity index (χ0n) is 6.95. The van der Waals surface area contributed by atoms with Crippen molar-refractivity contribution in [1.29, 1.82) is 0 Å². The number of methoxy groups -OCH3 is 1. The van der Waals surface area contributed by atoms with Crippen molar-refractivity contribution in [2.24, 2.45) is 5.11 Å². The van der Waals surface area contributed by atoms with E-state index in [0.717, 1.165) is 0 Å². The molecule has 1 saturated heterocycles. The molecule has 0 aromatic heterocycles. The predicted molar refractivity (Wildman–Crippen MR) is 40.7 cm³/mol. The van der Waals surface area contributed by atoms with E-state index < -0.39 is 24.3 Å². The monoisotopic (exact) mass is 187 g/mol. The molecule has 0 radical (unpaired) electrons. The highest BCUT2D eigenvalue weighted by Crippen LogP contribution is 2.22. The van der Waals surface area contributed by atoms with Crippen molar-refractivity contribution in [3.05, 3.63) is 10.4 Å². The summed E-state index contributed by atoms with van der Waals surface area (Å²) in [5.41, 5.74) is 7.97. The van der Waals surface area contributed by atoms with E-state index in [1.54, 1.807) is 0 Å². The lowest BCUT2D eigenvalue weighted by molar-refractivity contribution is -0.228. The minimum atomic E-state index is -0.946. The molecule has 1 N–H and O–H groups in total. The second-order valence-corrected chi connectivity index (χ2v) is 2.52. The Bertz CT molecular complexity index is 250. The Balaban J connectivity index is 2.38. The molecule has 0 unspecified atom stereocenters. The summed E-state index contributed by atoms with van der Waals surface area (Å²) in [6, 6.07) is 0. The maximum atomic E-state index is 10.8. The number of ether oxygens (including phenoxy) is 2. The molecule has 0 amide bonds. The Kier molecular flexibility index (Phi) is 3.07. The SMILES string of the molecule is COC(=O)[C@H]1O[C@H](CN=[N+]=[N-])[C@@H]1O. The number of rotatable bonds is 3. The molecule has 0 aliphatic carbocycles. The van der Waals surface area contributed by atoms with Gasteiger partial charge in [-0.2, -0.15) is 0 Å². The first kappa shape index (κ1) is 9.79. The Morgan fingerprint density at radius 1 is 1.85 bits per heavy atom. The maximum absolute atomic E-state index is 10.8. The van der Waals surface area contributed by atoms with Gasteiger partial charge in [0.15, 0.2) is 6.10 Å². The minimum Gasteiger partial charge on any atom is -0.467 e. The lowest BCUT2D eigenvalue weighted by Gasteiger charge is -2.38. The summed E-state index contributed by atoms with van der Waals surface area (Å²) in [4.78, 5) is 13.3. The molecular formula is C6H9N3O4. The van der Waals surface area contributed by atoms with E-state index in [9.17, 15) is 9.90 Å². The zero-order chi connectivity index (χ0) is 9.84. The fourth-order valence-electron chi connectivity index (χ4n) is 1.03. The second kappa shape index (κ2) is 4.08. The van der Waals surface area contributed by atoms with Gasteiger partial charge in [0, 0.05) is 4.91 Å². The molecule has 1 heterocycles. The van der Waals surface area contributed by atoms with Crippen LogP contribution in [0.5, 0.6) is 0 Å². The lowest BCUT2D eigenvalue weighted by atomic mass is 10.0. The summed E-state index contributed by atoms with van der Waals surface area (Å²) in [5.74, 6) is -0.621. The van der Waals surface area contributed by atoms with Crippen LogP contribution in [0.2, 0.25) is 0 Å². The number of azide groups is 1. The first-order valence-corrected chi connectivity index (χ1v) is 3.63. The standard InChI is InChI=1S/C6H9N3O4/c1-12-6(11)5-4(10)3(13-5)2-8-9-7/h3-5,10H,2H2,1H3/t3-,4+,5+/m1/s1. The van der Waals surface area contributed by atoms with Crippen LogP contribution in [-0.2, 0) is 14.3 Å². The van der Waals surface area contributed by atoms with Crippen LogP contribution in [0.25, 0.3) is 10.4 Å². The van der Waals surface area contributed by atoms with E-state index in [4.69, 9.17) is 10.3 Å². The molecule has 13 heavy (non-hydrogen) atoms. The van der Waals surface area contributed by atoms with Crippen molar-refractivity contribution < 1.29 is 19.4 Å². The maximum Gasteiger partial charge on any atom is 0.337 e. The number of carbonyl (C=O) groups excluding carboxylic acids is 1. The molecule has 3 atom stereocenters. The highest BCUT2D eigenvalue weighted by Gasteiger charge is 2.46. The Labute approximate surface area is 73.9 Å². The molecule has 7 heteroatoms. The van der Waals surface area contributed by atoms with Crippen LogP contribution in [0, 0.1) is 0 Å². The molecular weight excluding hydrogens is 178 g/mol. The van der Waals surface area contributed by atoms with Crippen LogP contribution in [0.3, 0.4) is 0 Å². The minimum absolute atomic E-state index is 0.0190. The highest BCUT2D eigenvalue weighted by atomic mass is 16.6. The second-order valence-electron chi connectivity index (χ2n) is 2.52. The van der Waals surface area contributed by atoms with Gasteiger partial charge in [-0.3, -0.25) is 0 Å². The Morgan fingerprint density at radius 3 is 3.00 bits per heavy atom. The van der Waals surface area contributed by atoms with Gasteiger partial charge in [-0.1, -0.05) is 5.11 Å². The summed E-state index contributed by atoms with van der Waals surface area (Å²) >= 11 is 0. The van der Waals surface area contributed by atoms with E-state index in [0.29, 0.717) is 0 Å². The number of nitrogens with zero attached hydrogens (tertiary/aromatic N) is 3. The van der Waals surface area contributed by atoms with Gasteiger partial charge < -0.3 is 14.6 Å². The molecule has 1 aliphatic heterocycles. The van der Waals surface area contributed by atoms with E-state index in [1.165, 1.54) is 7.11 Å². The molecule has 0 saturated carbocycles. The third-order valence-electron chi connectivity index (χ3n) is 1.77. The van der Waals surface area contributed by atoms with Crippen molar-refractivity contribution in [1.82, 2.24) is 0 Å². The van der Waals surface area contributed by atoms with Gasteiger partial charge >= 0.3 is 5.97 Å². The molecule has 1 aliphatic rings. The third kappa shape index (κ3) is 1.89. The summed E-state index contributed by atoms with van der Waals surface area (Å²) in [6.45, 7) is 0.0190. The fourth-order valence-corrected chi connectivity index (χ4v) is 1.03. The number of esters is 1. The quantitative estimate of drug-likeness (QED) is 0.281. The summed E-state index contributed by atoms with van der Waals surface area (Å²) in [6.07, 6.45) is -2.48. The summed E-state index contributed by atoms with van der Waals surface area (Å²) in [5, 5.41) is 12.5. The Hall–Kier alpha value is -1.30. The van der Waals surface area contributed by atoms with Crippen molar-refractivity contribution in [3.8, 4) is 0 Å². The topological polar surface area (TPSA) is 105 Å². The average Bonchev–Trinajstić information content (AvgIpc) is 2.15. The molecule has 72 valence electrons. The number of aliphatic hydroxyl groups is 1. The number of carbonyl (C=O) groups is 1. The molecule has 0 spiro atoms. The van der Waals surface area contributed by atoms with E-state index in [-0.39, 0.29) is 6.54 Å². The van der Waals surface area contributed by atoms with Gasteiger partial charge in [0.05, 0.1) is 19.8 Å². The average molecular weight is 187 g/mol. The van der Waals surface area contributed by atoms with E-state index in [2.05, 4.69) is 14.8 Å². The number of aliphatic hydroxyl groups excluding tert-OH is 1. The lowest BCUT2D eigenvalue weighted by Crippen LogP contribution is -2.59. The molecule has 0 bridgehead atoms. The largest absolute Gasteiger partial charge is 0.467 e. The third-order valence-corrected chi connectivity index (χ3v) is 1.77. The van der Waals surface area contributed by atoms with Crippen molar-refractivity contribution >= 4 is 5.97 Å². The highest BCUT2D eigenvalue weighted by molar-refractivity contribution is 5.76. The van der Waals surface area contributed by atoms with Gasteiger partial charge in [-0.15, -0.1) is 0 Å². The predicted octanol–water partition coefficient (Wildman–Crippen LogP) is -0.402. The van der Waals surface area contributed by atoms with Crippen LogP contribution in [0.15, 0.2) is 5.11 Å². The fraction of sp³-hybridized carbons (Fsp3) is 0.833. The molecule has 7 nitrogen and oxygen atoms in total. The molecule has 0 aromatic carbocycles. The first-order valence-electron chi connectivity index (χ1n) is 3.63. The normalized spacial score (nSPS) is 31.4. The summed E-state index contributed by atoms with van der Waals surface area (Å²) < 4.78 is 9.27. The van der Waals surface area contributed by atoms with Crippen LogP contribution >= 0.6 is 0 Å². The first-order chi connectivity index (χ1) is 6.20. The van der Waals surface area contributed by atoms with E-state index >= 15 is 0 Å².